The first-order valence-electron chi connectivity index (χ1n) is 4.68. The minimum absolute atomic E-state index is 0.0511. The van der Waals surface area contributed by atoms with Gasteiger partial charge in [0.15, 0.2) is 0 Å². The highest BCUT2D eigenvalue weighted by Gasteiger charge is 2.15. The Morgan fingerprint density at radius 1 is 1.44 bits per heavy atom. The van der Waals surface area contributed by atoms with E-state index in [-0.39, 0.29) is 25.1 Å². The maximum Gasteiger partial charge on any atom is 0.337 e. The van der Waals surface area contributed by atoms with E-state index >= 15 is 0 Å². The number of aromatic carboxylic acids is 1. The second-order valence-corrected chi connectivity index (χ2v) is 3.25. The molecule has 0 aliphatic carbocycles. The first-order chi connectivity index (χ1) is 7.56. The van der Waals surface area contributed by atoms with Gasteiger partial charge in [-0.05, 0) is 6.07 Å². The lowest BCUT2D eigenvalue weighted by Gasteiger charge is -2.08. The van der Waals surface area contributed by atoms with Crippen molar-refractivity contribution in [3.63, 3.8) is 0 Å². The minimum Gasteiger partial charge on any atom is -0.481 e. The Labute approximate surface area is 92.1 Å². The minimum atomic E-state index is -1.04. The maximum atomic E-state index is 10.9. The number of hydrogen-bond donors (Lipinski definition) is 2. The first kappa shape index (κ1) is 12.3. The van der Waals surface area contributed by atoms with Crippen LogP contribution in [0.2, 0.25) is 0 Å². The van der Waals surface area contributed by atoms with Crippen molar-refractivity contribution >= 4 is 11.9 Å². The number of carboxylic acid groups (broad SMARTS) is 2. The van der Waals surface area contributed by atoms with Gasteiger partial charge in [0.05, 0.1) is 24.3 Å². The summed E-state index contributed by atoms with van der Waals surface area (Å²) in [5, 5.41) is 17.4. The van der Waals surface area contributed by atoms with Crippen LogP contribution in [0.15, 0.2) is 12.3 Å². The Balaban J connectivity index is 2.90. The molecule has 88 valence electrons. The molecule has 0 bridgehead atoms. The number of hydrogen-bond acceptors (Lipinski definition) is 3. The van der Waals surface area contributed by atoms with E-state index in [1.54, 1.807) is 10.8 Å². The molecule has 0 aliphatic heterocycles. The summed E-state index contributed by atoms with van der Waals surface area (Å²) in [7, 11) is 1.46. The number of aliphatic carboxylic acids is 1. The number of ether oxygens (including phenoxy) is 1. The van der Waals surface area contributed by atoms with E-state index in [9.17, 15) is 9.59 Å². The van der Waals surface area contributed by atoms with Gasteiger partial charge in [-0.25, -0.2) is 4.79 Å². The Morgan fingerprint density at radius 2 is 2.12 bits per heavy atom. The van der Waals surface area contributed by atoms with Gasteiger partial charge in [0, 0.05) is 19.9 Å². The quantitative estimate of drug-likeness (QED) is 0.750. The second-order valence-electron chi connectivity index (χ2n) is 3.25. The molecule has 0 saturated carbocycles. The number of carbonyl (C=O) groups is 2. The zero-order valence-corrected chi connectivity index (χ0v) is 8.84. The lowest BCUT2D eigenvalue weighted by atomic mass is 10.2. The van der Waals surface area contributed by atoms with Crippen molar-refractivity contribution in [3.05, 3.63) is 23.5 Å². The summed E-state index contributed by atoms with van der Waals surface area (Å²) < 4.78 is 6.48. The fourth-order valence-electron chi connectivity index (χ4n) is 1.42. The van der Waals surface area contributed by atoms with Gasteiger partial charge in [-0.15, -0.1) is 0 Å². The highest BCUT2D eigenvalue weighted by molar-refractivity contribution is 5.89. The van der Waals surface area contributed by atoms with Crippen LogP contribution in [0.1, 0.15) is 22.5 Å². The molecular weight excluding hydrogens is 214 g/mol. The topological polar surface area (TPSA) is 88.8 Å². The van der Waals surface area contributed by atoms with Crippen molar-refractivity contribution in [2.45, 2.75) is 19.6 Å². The van der Waals surface area contributed by atoms with E-state index in [0.717, 1.165) is 0 Å². The molecule has 6 nitrogen and oxygen atoms in total. The third-order valence-corrected chi connectivity index (χ3v) is 2.16. The van der Waals surface area contributed by atoms with Crippen LogP contribution in [-0.4, -0.2) is 33.8 Å². The van der Waals surface area contributed by atoms with Gasteiger partial charge in [0.2, 0.25) is 0 Å². The van der Waals surface area contributed by atoms with Crippen LogP contribution < -0.4 is 0 Å². The average Bonchev–Trinajstić information content (AvgIpc) is 2.59. The molecule has 16 heavy (non-hydrogen) atoms. The van der Waals surface area contributed by atoms with E-state index < -0.39 is 11.9 Å². The van der Waals surface area contributed by atoms with E-state index in [1.165, 1.54) is 13.2 Å². The third kappa shape index (κ3) is 2.83. The van der Waals surface area contributed by atoms with Crippen molar-refractivity contribution in [1.29, 1.82) is 0 Å². The normalized spacial score (nSPS) is 10.3. The summed E-state index contributed by atoms with van der Waals surface area (Å²) in [6, 6.07) is 1.44. The maximum absolute atomic E-state index is 10.9. The molecular formula is C10H13NO5. The molecule has 0 amide bonds. The fraction of sp³-hybridized carbons (Fsp3) is 0.400. The molecule has 1 aromatic heterocycles. The van der Waals surface area contributed by atoms with E-state index in [2.05, 4.69) is 0 Å². The zero-order valence-electron chi connectivity index (χ0n) is 8.84. The van der Waals surface area contributed by atoms with Gasteiger partial charge < -0.3 is 19.5 Å². The van der Waals surface area contributed by atoms with Gasteiger partial charge in [-0.2, -0.15) is 0 Å². The number of rotatable bonds is 6. The average molecular weight is 227 g/mol. The number of nitrogens with zero attached hydrogens (tertiary/aromatic N) is 1. The van der Waals surface area contributed by atoms with Crippen molar-refractivity contribution < 1.29 is 24.5 Å². The molecule has 0 aromatic carbocycles. The summed E-state index contributed by atoms with van der Waals surface area (Å²) in [6.45, 7) is 0.384. The van der Waals surface area contributed by atoms with Crippen LogP contribution in [0.4, 0.5) is 0 Å². The Morgan fingerprint density at radius 3 is 2.62 bits per heavy atom. The molecule has 0 unspecified atom stereocenters. The highest BCUT2D eigenvalue weighted by Crippen LogP contribution is 2.13. The summed E-state index contributed by atoms with van der Waals surface area (Å²) >= 11 is 0. The highest BCUT2D eigenvalue weighted by atomic mass is 16.5. The monoisotopic (exact) mass is 227 g/mol. The lowest BCUT2D eigenvalue weighted by molar-refractivity contribution is -0.137. The molecule has 0 atom stereocenters. The summed E-state index contributed by atoms with van der Waals surface area (Å²) in [4.78, 5) is 21.3. The van der Waals surface area contributed by atoms with Crippen LogP contribution in [0.5, 0.6) is 0 Å². The Kier molecular flexibility index (Phi) is 4.07. The molecule has 0 saturated heterocycles. The summed E-state index contributed by atoms with van der Waals surface area (Å²) in [5.41, 5.74) is 0.628. The van der Waals surface area contributed by atoms with Crippen molar-refractivity contribution in [2.75, 3.05) is 7.11 Å². The molecule has 0 fully saturated rings. The van der Waals surface area contributed by atoms with Gasteiger partial charge in [0.1, 0.15) is 0 Å². The van der Waals surface area contributed by atoms with Crippen LogP contribution in [0.25, 0.3) is 0 Å². The Bertz CT molecular complexity index is 396. The molecule has 0 aliphatic rings. The van der Waals surface area contributed by atoms with Crippen molar-refractivity contribution in [3.8, 4) is 0 Å². The molecule has 0 radical (unpaired) electrons. The lowest BCUT2D eigenvalue weighted by Crippen LogP contribution is -2.10. The molecule has 1 aromatic rings. The summed E-state index contributed by atoms with van der Waals surface area (Å²) in [6.07, 6.45) is 1.51. The van der Waals surface area contributed by atoms with Crippen molar-refractivity contribution in [1.82, 2.24) is 4.57 Å². The van der Waals surface area contributed by atoms with Crippen LogP contribution in [0.3, 0.4) is 0 Å². The third-order valence-electron chi connectivity index (χ3n) is 2.16. The smallest absolute Gasteiger partial charge is 0.337 e. The number of carboxylic acids is 2. The van der Waals surface area contributed by atoms with E-state index in [1.807, 2.05) is 0 Å². The SMILES string of the molecule is COCc1c(C(=O)O)ccn1CCC(=O)O. The largest absolute Gasteiger partial charge is 0.481 e. The predicted octanol–water partition coefficient (Wildman–Crippen LogP) is 0.807. The van der Waals surface area contributed by atoms with E-state index in [0.29, 0.717) is 5.69 Å². The fourth-order valence-corrected chi connectivity index (χ4v) is 1.42. The second kappa shape index (κ2) is 5.32. The molecule has 2 N–H and O–H groups in total. The number of aryl methyl sites for hydroxylation is 1. The zero-order chi connectivity index (χ0) is 12.1. The molecule has 0 spiro atoms. The van der Waals surface area contributed by atoms with Gasteiger partial charge in [-0.1, -0.05) is 0 Å². The van der Waals surface area contributed by atoms with E-state index in [4.69, 9.17) is 14.9 Å². The molecule has 1 heterocycles. The summed E-state index contributed by atoms with van der Waals surface area (Å²) in [5.74, 6) is -1.96. The van der Waals surface area contributed by atoms with Crippen molar-refractivity contribution in [2.24, 2.45) is 0 Å². The number of methoxy groups -OCH3 is 1. The van der Waals surface area contributed by atoms with Gasteiger partial charge in [-0.3, -0.25) is 4.79 Å². The Hall–Kier alpha value is -1.82. The van der Waals surface area contributed by atoms with Crippen LogP contribution >= 0.6 is 0 Å². The van der Waals surface area contributed by atoms with Crippen LogP contribution in [-0.2, 0) is 22.7 Å². The first-order valence-corrected chi connectivity index (χ1v) is 4.68. The van der Waals surface area contributed by atoms with Crippen LogP contribution in [0, 0.1) is 0 Å². The van der Waals surface area contributed by atoms with Gasteiger partial charge in [0.25, 0.3) is 0 Å². The number of aromatic nitrogens is 1. The van der Waals surface area contributed by atoms with Gasteiger partial charge >= 0.3 is 11.9 Å². The molecule has 6 heteroatoms. The molecule has 1 rings (SSSR count). The standard InChI is InChI=1S/C10H13NO5/c1-16-6-8-7(10(14)15)2-4-11(8)5-3-9(12)13/h2,4H,3,5-6H2,1H3,(H,12,13)(H,14,15). The predicted molar refractivity (Wildman–Crippen MR) is 54.4 cm³/mol.